The Hall–Kier alpha value is -3.15. The van der Waals surface area contributed by atoms with Crippen LogP contribution in [-0.2, 0) is 27.3 Å². The van der Waals surface area contributed by atoms with Gasteiger partial charge in [-0.25, -0.2) is 4.79 Å². The first kappa shape index (κ1) is 29.1. The number of carboxylic acid groups (broad SMARTS) is 1. The summed E-state index contributed by atoms with van der Waals surface area (Å²) in [6.45, 7) is 9.99. The number of carbonyl (C=O) groups excluding carboxylic acids is 2. The summed E-state index contributed by atoms with van der Waals surface area (Å²) in [5, 5.41) is 12.6. The predicted octanol–water partition coefficient (Wildman–Crippen LogP) is 6.24. The second-order valence-corrected chi connectivity index (χ2v) is 9.88. The Morgan fingerprint density at radius 1 is 1.06 bits per heavy atom. The molecular weight excluding hydrogens is 454 g/mol. The molecule has 0 aliphatic carbocycles. The third-order valence-electron chi connectivity index (χ3n) is 6.97. The van der Waals surface area contributed by atoms with E-state index < -0.39 is 12.6 Å². The molecule has 0 fully saturated rings. The summed E-state index contributed by atoms with van der Waals surface area (Å²) in [4.78, 5) is 35.7. The van der Waals surface area contributed by atoms with Gasteiger partial charge in [0.1, 0.15) is 17.3 Å². The molecule has 3 atom stereocenters. The van der Waals surface area contributed by atoms with Crippen LogP contribution in [0.15, 0.2) is 42.5 Å². The number of carbonyl (C=O) groups is 3. The Morgan fingerprint density at radius 2 is 1.75 bits per heavy atom. The lowest BCUT2D eigenvalue weighted by Gasteiger charge is -2.28. The molecule has 0 heterocycles. The molecule has 2 rings (SSSR count). The van der Waals surface area contributed by atoms with Crippen LogP contribution in [0.5, 0.6) is 5.75 Å². The summed E-state index contributed by atoms with van der Waals surface area (Å²) in [7, 11) is 0. The van der Waals surface area contributed by atoms with E-state index in [1.165, 1.54) is 0 Å². The first-order chi connectivity index (χ1) is 17.1. The first-order valence-electron chi connectivity index (χ1n) is 12.9. The van der Waals surface area contributed by atoms with Gasteiger partial charge in [0.15, 0.2) is 6.61 Å². The second kappa shape index (κ2) is 14.4. The fraction of sp³-hybridized carbons (Fsp3) is 0.500. The van der Waals surface area contributed by atoms with E-state index in [1.54, 1.807) is 6.92 Å². The number of Topliss-reactive ketones (excluding diaryl/α,β-unsaturated/α-hetero) is 2. The van der Waals surface area contributed by atoms with Crippen LogP contribution in [0.4, 0.5) is 5.69 Å². The SMILES string of the molecule is CCCC(=O)CCC(C(C)=O)C(C)C(C)Cc1c(C)cc(NCc2ccccc2)cc1OCC(=O)O. The van der Waals surface area contributed by atoms with Gasteiger partial charge in [-0.05, 0) is 67.7 Å². The van der Waals surface area contributed by atoms with Gasteiger partial charge in [0.05, 0.1) is 0 Å². The topological polar surface area (TPSA) is 92.7 Å². The molecule has 0 saturated heterocycles. The van der Waals surface area contributed by atoms with E-state index in [2.05, 4.69) is 25.2 Å². The number of anilines is 1. The fourth-order valence-electron chi connectivity index (χ4n) is 4.68. The number of carboxylic acids is 1. The van der Waals surface area contributed by atoms with Crippen molar-refractivity contribution in [1.82, 2.24) is 0 Å². The van der Waals surface area contributed by atoms with Gasteiger partial charge in [0.25, 0.3) is 0 Å². The Morgan fingerprint density at radius 3 is 2.36 bits per heavy atom. The molecule has 0 saturated carbocycles. The minimum Gasteiger partial charge on any atom is -0.482 e. The predicted molar refractivity (Wildman–Crippen MR) is 143 cm³/mol. The standard InChI is InChI=1S/C30H41NO5/c1-6-10-26(33)13-14-27(23(5)32)22(4)20(2)16-28-21(3)15-25(17-29(28)36-19-30(34)35)31-18-24-11-8-7-9-12-24/h7-9,11-12,15,17,20,22,27,31H,6,10,13-14,16,18-19H2,1-5H3,(H,34,35). The Kier molecular flexibility index (Phi) is 11.6. The van der Waals surface area contributed by atoms with Crippen molar-refractivity contribution in [3.8, 4) is 5.75 Å². The number of hydrogen-bond acceptors (Lipinski definition) is 5. The number of ketones is 2. The van der Waals surface area contributed by atoms with Gasteiger partial charge >= 0.3 is 5.97 Å². The Labute approximate surface area is 215 Å². The van der Waals surface area contributed by atoms with Crippen LogP contribution in [0.25, 0.3) is 0 Å². The van der Waals surface area contributed by atoms with E-state index in [0.29, 0.717) is 38.0 Å². The minimum atomic E-state index is -1.03. The molecular formula is C30H41NO5. The average molecular weight is 496 g/mol. The van der Waals surface area contributed by atoms with E-state index in [-0.39, 0.29) is 29.3 Å². The van der Waals surface area contributed by atoms with Crippen molar-refractivity contribution in [2.24, 2.45) is 17.8 Å². The van der Waals surface area contributed by atoms with Gasteiger partial charge < -0.3 is 15.2 Å². The maximum atomic E-state index is 12.4. The van der Waals surface area contributed by atoms with Crippen LogP contribution >= 0.6 is 0 Å². The van der Waals surface area contributed by atoms with Crippen LogP contribution in [-0.4, -0.2) is 29.2 Å². The summed E-state index contributed by atoms with van der Waals surface area (Å²) in [6.07, 6.45) is 3.03. The zero-order valence-electron chi connectivity index (χ0n) is 22.3. The highest BCUT2D eigenvalue weighted by Crippen LogP contribution is 2.34. The summed E-state index contributed by atoms with van der Waals surface area (Å²) < 4.78 is 5.72. The lowest BCUT2D eigenvalue weighted by atomic mass is 9.76. The fourth-order valence-corrected chi connectivity index (χ4v) is 4.68. The van der Waals surface area contributed by atoms with Crippen molar-refractivity contribution in [2.75, 3.05) is 11.9 Å². The molecule has 6 heteroatoms. The van der Waals surface area contributed by atoms with Crippen molar-refractivity contribution < 1.29 is 24.2 Å². The smallest absolute Gasteiger partial charge is 0.341 e. The lowest BCUT2D eigenvalue weighted by Crippen LogP contribution is -2.27. The van der Waals surface area contributed by atoms with Crippen LogP contribution in [0.2, 0.25) is 0 Å². The maximum Gasteiger partial charge on any atom is 0.341 e. The number of hydrogen-bond donors (Lipinski definition) is 2. The van der Waals surface area contributed by atoms with Gasteiger partial charge in [0, 0.05) is 37.1 Å². The van der Waals surface area contributed by atoms with Crippen molar-refractivity contribution in [3.05, 3.63) is 59.2 Å². The van der Waals surface area contributed by atoms with Crippen LogP contribution in [0, 0.1) is 24.7 Å². The average Bonchev–Trinajstić information content (AvgIpc) is 2.83. The third kappa shape index (κ3) is 9.14. The molecule has 3 unspecified atom stereocenters. The zero-order valence-corrected chi connectivity index (χ0v) is 22.3. The van der Waals surface area contributed by atoms with E-state index in [0.717, 1.165) is 28.8 Å². The van der Waals surface area contributed by atoms with Crippen molar-refractivity contribution in [2.45, 2.75) is 73.3 Å². The molecule has 6 nitrogen and oxygen atoms in total. The number of nitrogens with one attached hydrogen (secondary N) is 1. The van der Waals surface area contributed by atoms with Gasteiger partial charge in [-0.3, -0.25) is 9.59 Å². The van der Waals surface area contributed by atoms with Crippen LogP contribution in [0.1, 0.15) is 70.1 Å². The highest BCUT2D eigenvalue weighted by molar-refractivity contribution is 5.81. The Bertz CT molecular complexity index is 1020. The number of benzene rings is 2. The highest BCUT2D eigenvalue weighted by atomic mass is 16.5. The molecule has 0 spiro atoms. The third-order valence-corrected chi connectivity index (χ3v) is 6.97. The summed E-state index contributed by atoms with van der Waals surface area (Å²) >= 11 is 0. The van der Waals surface area contributed by atoms with E-state index in [1.807, 2.05) is 50.2 Å². The van der Waals surface area contributed by atoms with Gasteiger partial charge in [0.2, 0.25) is 0 Å². The largest absolute Gasteiger partial charge is 0.482 e. The number of aryl methyl sites for hydroxylation is 1. The highest BCUT2D eigenvalue weighted by Gasteiger charge is 2.28. The Balaban J connectivity index is 2.21. The van der Waals surface area contributed by atoms with Crippen molar-refractivity contribution in [3.63, 3.8) is 0 Å². The van der Waals surface area contributed by atoms with E-state index in [4.69, 9.17) is 4.74 Å². The van der Waals surface area contributed by atoms with Gasteiger partial charge in [-0.15, -0.1) is 0 Å². The quantitative estimate of drug-likeness (QED) is 0.286. The van der Waals surface area contributed by atoms with Crippen LogP contribution in [0.3, 0.4) is 0 Å². The molecule has 0 radical (unpaired) electrons. The number of ether oxygens (including phenoxy) is 1. The first-order valence-corrected chi connectivity index (χ1v) is 12.9. The normalized spacial score (nSPS) is 13.5. The molecule has 196 valence electrons. The number of aliphatic carboxylic acids is 1. The van der Waals surface area contributed by atoms with Gasteiger partial charge in [-0.1, -0.05) is 51.1 Å². The molecule has 0 aliphatic heterocycles. The summed E-state index contributed by atoms with van der Waals surface area (Å²) in [5.74, 6) is -0.147. The van der Waals surface area contributed by atoms with Crippen molar-refractivity contribution >= 4 is 23.2 Å². The molecule has 0 aromatic heterocycles. The maximum absolute atomic E-state index is 12.4. The lowest BCUT2D eigenvalue weighted by molar-refractivity contribution is -0.139. The monoisotopic (exact) mass is 495 g/mol. The number of rotatable bonds is 16. The van der Waals surface area contributed by atoms with E-state index in [9.17, 15) is 19.5 Å². The molecule has 0 aliphatic rings. The minimum absolute atomic E-state index is 0.0690. The molecule has 2 N–H and O–H groups in total. The molecule has 2 aromatic carbocycles. The van der Waals surface area contributed by atoms with E-state index >= 15 is 0 Å². The molecule has 0 bridgehead atoms. The summed E-state index contributed by atoms with van der Waals surface area (Å²) in [6, 6.07) is 13.9. The zero-order chi connectivity index (χ0) is 26.7. The second-order valence-electron chi connectivity index (χ2n) is 9.88. The molecule has 36 heavy (non-hydrogen) atoms. The molecule has 2 aromatic rings. The molecule has 0 amide bonds. The van der Waals surface area contributed by atoms with Crippen molar-refractivity contribution in [1.29, 1.82) is 0 Å². The van der Waals surface area contributed by atoms with Crippen LogP contribution < -0.4 is 10.1 Å². The van der Waals surface area contributed by atoms with Gasteiger partial charge in [-0.2, -0.15) is 0 Å². The summed E-state index contributed by atoms with van der Waals surface area (Å²) in [5.41, 5.74) is 3.95.